The van der Waals surface area contributed by atoms with E-state index in [0.29, 0.717) is 23.2 Å². The molecule has 3 heterocycles. The first kappa shape index (κ1) is 29.9. The molecule has 0 saturated carbocycles. The van der Waals surface area contributed by atoms with Gasteiger partial charge in [0, 0.05) is 58.8 Å². The SMILES string of the molecule is [C-]#[N+]c1ccc(-c2nc(-c3ccccc3)nc(-c3cccc(-c4ccc5c(c4)oc4c(-c6cccc7c6sc6ccccc67)cccc45)c3)n2)cc1. The standard InChI is InChI=1S/C46H26N4OS/c1-47-33-23-20-29(21-24-33)45-48-44(28-10-3-2-4-11-28)49-46(50-45)32-13-7-12-30(26-32)31-22-25-34-36-15-8-16-37(42(36)51-40(34)27-31)39-18-9-17-38-35-14-5-6-19-41(35)52-43(38)39/h2-27H. The molecule has 0 saturated heterocycles. The van der Waals surface area contributed by atoms with Crippen LogP contribution in [-0.4, -0.2) is 15.0 Å². The second-order valence-corrected chi connectivity index (χ2v) is 13.7. The van der Waals surface area contributed by atoms with Gasteiger partial charge in [-0.15, -0.1) is 11.3 Å². The van der Waals surface area contributed by atoms with Crippen molar-refractivity contribution in [3.8, 4) is 56.4 Å². The molecule has 0 amide bonds. The molecule has 3 aromatic heterocycles. The lowest BCUT2D eigenvalue weighted by Gasteiger charge is -2.10. The lowest BCUT2D eigenvalue weighted by Crippen LogP contribution is -2.00. The summed E-state index contributed by atoms with van der Waals surface area (Å²) in [6, 6.07) is 53.6. The summed E-state index contributed by atoms with van der Waals surface area (Å²) < 4.78 is 9.29. The highest BCUT2D eigenvalue weighted by Gasteiger charge is 2.18. The average molecular weight is 683 g/mol. The molecule has 5 nitrogen and oxygen atoms in total. The Labute approximate surface area is 303 Å². The molecular weight excluding hydrogens is 657 g/mol. The number of fused-ring (bicyclic) bond motifs is 6. The van der Waals surface area contributed by atoms with Crippen molar-refractivity contribution in [3.63, 3.8) is 0 Å². The number of nitrogens with zero attached hydrogens (tertiary/aromatic N) is 4. The van der Waals surface area contributed by atoms with E-state index in [1.54, 1.807) is 12.1 Å². The van der Waals surface area contributed by atoms with Crippen LogP contribution in [0.1, 0.15) is 0 Å². The minimum absolute atomic E-state index is 0.552. The number of rotatable bonds is 5. The van der Waals surface area contributed by atoms with Gasteiger partial charge >= 0.3 is 0 Å². The van der Waals surface area contributed by atoms with Crippen LogP contribution in [-0.2, 0) is 0 Å². The second-order valence-electron chi connectivity index (χ2n) is 12.7. The van der Waals surface area contributed by atoms with Gasteiger partial charge in [-0.3, -0.25) is 0 Å². The quantitative estimate of drug-likeness (QED) is 0.170. The van der Waals surface area contributed by atoms with Crippen LogP contribution >= 0.6 is 11.3 Å². The summed E-state index contributed by atoms with van der Waals surface area (Å²) in [4.78, 5) is 18.2. The lowest BCUT2D eigenvalue weighted by atomic mass is 9.99. The van der Waals surface area contributed by atoms with E-state index in [4.69, 9.17) is 25.9 Å². The van der Waals surface area contributed by atoms with Gasteiger partial charge < -0.3 is 4.42 Å². The van der Waals surface area contributed by atoms with Gasteiger partial charge in [0.05, 0.1) is 6.57 Å². The third-order valence-electron chi connectivity index (χ3n) is 9.57. The van der Waals surface area contributed by atoms with Crippen molar-refractivity contribution in [1.82, 2.24) is 15.0 Å². The first-order valence-corrected chi connectivity index (χ1v) is 17.8. The lowest BCUT2D eigenvalue weighted by molar-refractivity contribution is 0.670. The molecule has 0 radical (unpaired) electrons. The number of hydrogen-bond acceptors (Lipinski definition) is 5. The summed E-state index contributed by atoms with van der Waals surface area (Å²) in [5, 5.41) is 4.74. The van der Waals surface area contributed by atoms with E-state index in [-0.39, 0.29) is 0 Å². The monoisotopic (exact) mass is 682 g/mol. The van der Waals surface area contributed by atoms with Crippen molar-refractivity contribution in [2.24, 2.45) is 0 Å². The molecule has 0 fully saturated rings. The van der Waals surface area contributed by atoms with Gasteiger partial charge in [-0.2, -0.15) is 0 Å². The number of hydrogen-bond donors (Lipinski definition) is 0. The Kier molecular flexibility index (Phi) is 6.98. The van der Waals surface area contributed by atoms with E-state index in [1.165, 1.54) is 25.7 Å². The predicted octanol–water partition coefficient (Wildman–Crippen LogP) is 13.0. The molecule has 0 atom stereocenters. The van der Waals surface area contributed by atoms with E-state index < -0.39 is 0 Å². The fraction of sp³-hybridized carbons (Fsp3) is 0. The number of aromatic nitrogens is 3. The highest BCUT2D eigenvalue weighted by molar-refractivity contribution is 7.26. The fourth-order valence-corrected chi connectivity index (χ4v) is 8.25. The minimum Gasteiger partial charge on any atom is -0.455 e. The average Bonchev–Trinajstić information content (AvgIpc) is 3.79. The van der Waals surface area contributed by atoms with Crippen molar-refractivity contribution < 1.29 is 4.42 Å². The summed E-state index contributed by atoms with van der Waals surface area (Å²) in [7, 11) is 0. The van der Waals surface area contributed by atoms with E-state index in [9.17, 15) is 0 Å². The van der Waals surface area contributed by atoms with Crippen LogP contribution in [0.25, 0.3) is 103 Å². The maximum atomic E-state index is 7.34. The summed E-state index contributed by atoms with van der Waals surface area (Å²) >= 11 is 1.83. The molecular formula is C46H26N4OS. The second kappa shape index (κ2) is 12.1. The molecule has 10 aromatic rings. The van der Waals surface area contributed by atoms with Gasteiger partial charge in [-0.05, 0) is 35.4 Å². The predicted molar refractivity (Wildman–Crippen MR) is 213 cm³/mol. The van der Waals surface area contributed by atoms with E-state index in [2.05, 4.69) is 95.8 Å². The molecule has 0 bridgehead atoms. The Morgan fingerprint density at radius 2 is 1.06 bits per heavy atom. The van der Waals surface area contributed by atoms with Gasteiger partial charge in [0.1, 0.15) is 11.2 Å². The Balaban J connectivity index is 1.07. The van der Waals surface area contributed by atoms with Crippen molar-refractivity contribution in [2.45, 2.75) is 0 Å². The zero-order chi connectivity index (χ0) is 34.6. The minimum atomic E-state index is 0.552. The van der Waals surface area contributed by atoms with Crippen molar-refractivity contribution in [3.05, 3.63) is 169 Å². The van der Waals surface area contributed by atoms with Gasteiger partial charge in [-0.1, -0.05) is 133 Å². The van der Waals surface area contributed by atoms with Crippen LogP contribution in [0.5, 0.6) is 0 Å². The number of para-hydroxylation sites is 1. The van der Waals surface area contributed by atoms with E-state index in [0.717, 1.165) is 55.3 Å². The molecule has 0 aliphatic heterocycles. The molecule has 0 aliphatic carbocycles. The Morgan fingerprint density at radius 1 is 0.462 bits per heavy atom. The van der Waals surface area contributed by atoms with Crippen LogP contribution in [0, 0.1) is 6.57 Å². The molecule has 10 rings (SSSR count). The van der Waals surface area contributed by atoms with Crippen LogP contribution < -0.4 is 0 Å². The molecule has 0 unspecified atom stereocenters. The Morgan fingerprint density at radius 3 is 1.87 bits per heavy atom. The Bertz CT molecular complexity index is 3030. The van der Waals surface area contributed by atoms with Crippen molar-refractivity contribution >= 4 is 59.1 Å². The van der Waals surface area contributed by atoms with Gasteiger partial charge in [0.25, 0.3) is 0 Å². The first-order chi connectivity index (χ1) is 25.7. The fourth-order valence-electron chi connectivity index (χ4n) is 7.02. The van der Waals surface area contributed by atoms with E-state index >= 15 is 0 Å². The largest absolute Gasteiger partial charge is 0.455 e. The van der Waals surface area contributed by atoms with Crippen LogP contribution in [0.2, 0.25) is 0 Å². The molecule has 0 aliphatic rings. The van der Waals surface area contributed by atoms with Crippen LogP contribution in [0.15, 0.2) is 162 Å². The maximum Gasteiger partial charge on any atom is 0.187 e. The topological polar surface area (TPSA) is 56.2 Å². The molecule has 0 N–H and O–H groups in total. The summed E-state index contributed by atoms with van der Waals surface area (Å²) in [5.74, 6) is 1.72. The zero-order valence-corrected chi connectivity index (χ0v) is 28.4. The Hall–Kier alpha value is -6.94. The van der Waals surface area contributed by atoms with E-state index in [1.807, 2.05) is 65.9 Å². The molecule has 6 heteroatoms. The smallest absolute Gasteiger partial charge is 0.187 e. The number of benzene rings is 7. The van der Waals surface area contributed by atoms with Crippen LogP contribution in [0.3, 0.4) is 0 Å². The molecule has 0 spiro atoms. The van der Waals surface area contributed by atoms with Gasteiger partial charge in [0.2, 0.25) is 0 Å². The molecule has 52 heavy (non-hydrogen) atoms. The van der Waals surface area contributed by atoms with Crippen molar-refractivity contribution in [1.29, 1.82) is 0 Å². The van der Waals surface area contributed by atoms with Gasteiger partial charge in [0.15, 0.2) is 23.2 Å². The highest BCUT2D eigenvalue weighted by Crippen LogP contribution is 2.44. The molecule has 242 valence electrons. The third-order valence-corrected chi connectivity index (χ3v) is 10.8. The molecule has 7 aromatic carbocycles. The summed E-state index contributed by atoms with van der Waals surface area (Å²) in [5.41, 5.74) is 9.24. The number of thiophene rings is 1. The third kappa shape index (κ3) is 5.03. The number of furan rings is 1. The maximum absolute atomic E-state index is 7.34. The van der Waals surface area contributed by atoms with Crippen molar-refractivity contribution in [2.75, 3.05) is 0 Å². The normalized spacial score (nSPS) is 11.4. The van der Waals surface area contributed by atoms with Crippen LogP contribution in [0.4, 0.5) is 5.69 Å². The first-order valence-electron chi connectivity index (χ1n) is 17.0. The summed E-state index contributed by atoms with van der Waals surface area (Å²) in [6.07, 6.45) is 0. The van der Waals surface area contributed by atoms with Gasteiger partial charge in [-0.25, -0.2) is 19.8 Å². The highest BCUT2D eigenvalue weighted by atomic mass is 32.1. The zero-order valence-electron chi connectivity index (χ0n) is 27.6. The summed E-state index contributed by atoms with van der Waals surface area (Å²) in [6.45, 7) is 7.34.